The van der Waals surface area contributed by atoms with E-state index in [1.54, 1.807) is 37.3 Å². The van der Waals surface area contributed by atoms with Gasteiger partial charge in [-0.25, -0.2) is 0 Å². The summed E-state index contributed by atoms with van der Waals surface area (Å²) in [5.74, 6) is 0.747. The summed E-state index contributed by atoms with van der Waals surface area (Å²) in [5, 5.41) is 10.6. The lowest BCUT2D eigenvalue weighted by atomic mass is 10.1. The Morgan fingerprint density at radius 2 is 1.77 bits per heavy atom. The van der Waals surface area contributed by atoms with Gasteiger partial charge < -0.3 is 15.2 Å². The van der Waals surface area contributed by atoms with Gasteiger partial charge in [-0.05, 0) is 61.9 Å². The van der Waals surface area contributed by atoms with Gasteiger partial charge in [-0.3, -0.25) is 4.79 Å². The Bertz CT molecular complexity index is 1190. The molecule has 0 saturated heterocycles. The maximum Gasteiger partial charge on any atom is 0.257 e. The first kappa shape index (κ1) is 20.6. The van der Waals surface area contributed by atoms with Crippen LogP contribution in [0.25, 0.3) is 11.5 Å². The molecule has 156 valence electrons. The molecule has 0 fully saturated rings. The van der Waals surface area contributed by atoms with Crippen molar-refractivity contribution in [3.05, 3.63) is 94.8 Å². The van der Waals surface area contributed by atoms with Gasteiger partial charge in [0.15, 0.2) is 5.82 Å². The van der Waals surface area contributed by atoms with Gasteiger partial charge in [0.1, 0.15) is 0 Å². The fraction of sp³-hybridized carbons (Fsp3) is 0.125. The molecule has 4 aromatic rings. The molecule has 0 spiro atoms. The van der Waals surface area contributed by atoms with E-state index in [4.69, 9.17) is 16.1 Å². The molecule has 1 heterocycles. The van der Waals surface area contributed by atoms with Gasteiger partial charge >= 0.3 is 0 Å². The highest BCUT2D eigenvalue weighted by atomic mass is 35.5. The molecule has 0 bridgehead atoms. The van der Waals surface area contributed by atoms with Crippen molar-refractivity contribution in [3.63, 3.8) is 0 Å². The van der Waals surface area contributed by atoms with Crippen molar-refractivity contribution in [3.8, 4) is 11.5 Å². The number of carbonyl (C=O) groups excluding carboxylic acids is 1. The van der Waals surface area contributed by atoms with Crippen LogP contribution in [0.2, 0.25) is 5.02 Å². The van der Waals surface area contributed by atoms with Crippen molar-refractivity contribution >= 4 is 28.9 Å². The van der Waals surface area contributed by atoms with E-state index in [9.17, 15) is 4.79 Å². The number of rotatable bonds is 6. The van der Waals surface area contributed by atoms with Crippen LogP contribution < -0.4 is 10.6 Å². The van der Waals surface area contributed by atoms with Crippen LogP contribution in [0.15, 0.2) is 77.3 Å². The van der Waals surface area contributed by atoms with E-state index in [-0.39, 0.29) is 11.9 Å². The Labute approximate surface area is 185 Å². The summed E-state index contributed by atoms with van der Waals surface area (Å²) in [6, 6.07) is 22.6. The van der Waals surface area contributed by atoms with Gasteiger partial charge in [-0.1, -0.05) is 47.1 Å². The number of aromatic nitrogens is 2. The van der Waals surface area contributed by atoms with Crippen molar-refractivity contribution in [2.75, 3.05) is 10.6 Å². The SMILES string of the molecule is Cc1noc(-c2ccc(C(=O)Nc3ccc(NC(C)c4ccccc4)c(Cl)c3)cc2)n1. The largest absolute Gasteiger partial charge is 0.377 e. The number of hydrogen-bond acceptors (Lipinski definition) is 5. The molecule has 7 heteroatoms. The van der Waals surface area contributed by atoms with Gasteiger partial charge in [-0.2, -0.15) is 4.98 Å². The molecule has 0 aliphatic heterocycles. The zero-order chi connectivity index (χ0) is 21.8. The molecule has 1 atom stereocenters. The fourth-order valence-electron chi connectivity index (χ4n) is 3.15. The summed E-state index contributed by atoms with van der Waals surface area (Å²) in [6.45, 7) is 3.82. The molecule has 3 aromatic carbocycles. The molecule has 0 aliphatic carbocycles. The second-order valence-electron chi connectivity index (χ2n) is 7.15. The Morgan fingerprint density at radius 3 is 2.42 bits per heavy atom. The van der Waals surface area contributed by atoms with Gasteiger partial charge in [-0.15, -0.1) is 0 Å². The van der Waals surface area contributed by atoms with E-state index in [1.165, 1.54) is 0 Å². The number of nitrogens with zero attached hydrogens (tertiary/aromatic N) is 2. The lowest BCUT2D eigenvalue weighted by molar-refractivity contribution is 0.102. The molecule has 1 unspecified atom stereocenters. The van der Waals surface area contributed by atoms with Crippen molar-refractivity contribution in [1.29, 1.82) is 0 Å². The molecule has 2 N–H and O–H groups in total. The third kappa shape index (κ3) is 4.92. The summed E-state index contributed by atoms with van der Waals surface area (Å²) in [7, 11) is 0. The maximum absolute atomic E-state index is 12.6. The fourth-order valence-corrected chi connectivity index (χ4v) is 3.39. The zero-order valence-corrected chi connectivity index (χ0v) is 17.9. The van der Waals surface area contributed by atoms with Gasteiger partial charge in [0.2, 0.25) is 0 Å². The van der Waals surface area contributed by atoms with Crippen LogP contribution in [0.3, 0.4) is 0 Å². The number of halogens is 1. The van der Waals surface area contributed by atoms with E-state index in [0.717, 1.165) is 16.8 Å². The Balaban J connectivity index is 1.42. The second kappa shape index (κ2) is 9.02. The lowest BCUT2D eigenvalue weighted by Crippen LogP contribution is -2.12. The smallest absolute Gasteiger partial charge is 0.257 e. The predicted octanol–water partition coefficient (Wildman–Crippen LogP) is 6.12. The zero-order valence-electron chi connectivity index (χ0n) is 17.1. The average Bonchev–Trinajstić information content (AvgIpc) is 3.22. The van der Waals surface area contributed by atoms with Crippen LogP contribution in [-0.4, -0.2) is 16.0 Å². The van der Waals surface area contributed by atoms with Gasteiger partial charge in [0.25, 0.3) is 11.8 Å². The van der Waals surface area contributed by atoms with Crippen LogP contribution in [0, 0.1) is 6.92 Å². The molecule has 1 aromatic heterocycles. The Kier molecular flexibility index (Phi) is 6.00. The van der Waals surface area contributed by atoms with Crippen LogP contribution >= 0.6 is 11.6 Å². The number of amides is 1. The highest BCUT2D eigenvalue weighted by Gasteiger charge is 2.12. The standard InChI is InChI=1S/C24H21ClN4O2/c1-15(17-6-4-3-5-7-17)26-22-13-12-20(14-21(22)25)28-23(30)18-8-10-19(11-9-18)24-27-16(2)29-31-24/h3-15,26H,1-2H3,(H,28,30). The van der Waals surface area contributed by atoms with Crippen molar-refractivity contribution in [1.82, 2.24) is 10.1 Å². The number of nitrogens with one attached hydrogen (secondary N) is 2. The van der Waals surface area contributed by atoms with E-state index in [0.29, 0.717) is 28.0 Å². The summed E-state index contributed by atoms with van der Waals surface area (Å²) >= 11 is 6.44. The van der Waals surface area contributed by atoms with Crippen LogP contribution in [0.1, 0.15) is 34.7 Å². The van der Waals surface area contributed by atoms with Crippen molar-refractivity contribution < 1.29 is 9.32 Å². The van der Waals surface area contributed by atoms with E-state index >= 15 is 0 Å². The number of anilines is 2. The lowest BCUT2D eigenvalue weighted by Gasteiger charge is -2.17. The first-order valence-corrected chi connectivity index (χ1v) is 10.2. The van der Waals surface area contributed by atoms with Crippen LogP contribution in [0.4, 0.5) is 11.4 Å². The van der Waals surface area contributed by atoms with E-state index < -0.39 is 0 Å². The number of aryl methyl sites for hydroxylation is 1. The summed E-state index contributed by atoms with van der Waals surface area (Å²) < 4.78 is 5.14. The molecular weight excluding hydrogens is 412 g/mol. The predicted molar refractivity (Wildman–Crippen MR) is 122 cm³/mol. The topological polar surface area (TPSA) is 80.0 Å². The minimum absolute atomic E-state index is 0.0975. The molecule has 0 saturated carbocycles. The highest BCUT2D eigenvalue weighted by molar-refractivity contribution is 6.33. The van der Waals surface area contributed by atoms with Crippen LogP contribution in [0.5, 0.6) is 0 Å². The minimum Gasteiger partial charge on any atom is -0.377 e. The third-order valence-corrected chi connectivity index (χ3v) is 5.13. The first-order valence-electron chi connectivity index (χ1n) is 9.83. The van der Waals surface area contributed by atoms with Crippen LogP contribution in [-0.2, 0) is 0 Å². The monoisotopic (exact) mass is 432 g/mol. The highest BCUT2D eigenvalue weighted by Crippen LogP contribution is 2.29. The van der Waals surface area contributed by atoms with E-state index in [1.807, 2.05) is 30.3 Å². The molecule has 0 radical (unpaired) electrons. The summed E-state index contributed by atoms with van der Waals surface area (Å²) in [6.07, 6.45) is 0. The maximum atomic E-state index is 12.6. The van der Waals surface area contributed by atoms with Crippen molar-refractivity contribution in [2.45, 2.75) is 19.9 Å². The molecule has 6 nitrogen and oxygen atoms in total. The average molecular weight is 433 g/mol. The second-order valence-corrected chi connectivity index (χ2v) is 7.56. The molecular formula is C24H21ClN4O2. The first-order chi connectivity index (χ1) is 15.0. The number of hydrogen-bond donors (Lipinski definition) is 2. The summed E-state index contributed by atoms with van der Waals surface area (Å²) in [4.78, 5) is 16.8. The molecule has 4 rings (SSSR count). The number of benzene rings is 3. The normalized spacial score (nSPS) is 11.7. The molecule has 1 amide bonds. The quantitative estimate of drug-likeness (QED) is 0.383. The minimum atomic E-state index is -0.234. The third-order valence-electron chi connectivity index (χ3n) is 4.82. The Morgan fingerprint density at radius 1 is 1.03 bits per heavy atom. The van der Waals surface area contributed by atoms with Crippen molar-refractivity contribution in [2.24, 2.45) is 0 Å². The number of carbonyl (C=O) groups is 1. The molecule has 31 heavy (non-hydrogen) atoms. The molecule has 0 aliphatic rings. The summed E-state index contributed by atoms with van der Waals surface area (Å²) in [5.41, 5.74) is 3.84. The van der Waals surface area contributed by atoms with Gasteiger partial charge in [0.05, 0.1) is 10.7 Å². The Hall–Kier alpha value is -3.64. The van der Waals surface area contributed by atoms with Gasteiger partial charge in [0, 0.05) is 22.9 Å². The van der Waals surface area contributed by atoms with E-state index in [2.05, 4.69) is 39.8 Å².